The summed E-state index contributed by atoms with van der Waals surface area (Å²) in [6.07, 6.45) is 2.16. The van der Waals surface area contributed by atoms with Gasteiger partial charge in [-0.05, 0) is 16.7 Å². The van der Waals surface area contributed by atoms with Crippen molar-refractivity contribution in [2.75, 3.05) is 0 Å². The molecule has 25 heavy (non-hydrogen) atoms. The van der Waals surface area contributed by atoms with Gasteiger partial charge in [-0.3, -0.25) is 0 Å². The Kier molecular flexibility index (Phi) is 4.68. The summed E-state index contributed by atoms with van der Waals surface area (Å²) in [6.45, 7) is 0. The zero-order valence-electron chi connectivity index (χ0n) is 13.9. The minimum Gasteiger partial charge on any atom is -0.160 e. The van der Waals surface area contributed by atoms with Crippen LogP contribution in [-0.4, -0.2) is 0 Å². The molecule has 0 radical (unpaired) electrons. The number of hydrogen-bond acceptors (Lipinski definition) is 0. The molecule has 1 aromatic heterocycles. The molecule has 120 valence electrons. The molecule has 0 amide bonds. The zero-order valence-corrected chi connectivity index (χ0v) is 14.8. The van der Waals surface area contributed by atoms with Gasteiger partial charge in [-0.15, -0.1) is 0 Å². The SMILES string of the molecule is c1ccc(-[n+]2ccccc2P(c2ccccc2)c2ccccc2)cc1. The molecule has 4 aromatic rings. The van der Waals surface area contributed by atoms with E-state index < -0.39 is 7.92 Å². The summed E-state index contributed by atoms with van der Waals surface area (Å²) < 4.78 is 2.31. The summed E-state index contributed by atoms with van der Waals surface area (Å²) in [7, 11) is -0.627. The minimum absolute atomic E-state index is 0.627. The van der Waals surface area contributed by atoms with Gasteiger partial charge >= 0.3 is 0 Å². The first-order valence-electron chi connectivity index (χ1n) is 8.40. The van der Waals surface area contributed by atoms with Crippen LogP contribution in [0.15, 0.2) is 115 Å². The number of benzene rings is 3. The predicted molar refractivity (Wildman–Crippen MR) is 107 cm³/mol. The lowest BCUT2D eigenvalue weighted by Crippen LogP contribution is -2.48. The molecule has 0 aliphatic heterocycles. The van der Waals surface area contributed by atoms with Gasteiger partial charge in [-0.2, -0.15) is 4.57 Å². The molecule has 0 aliphatic carbocycles. The van der Waals surface area contributed by atoms with Crippen LogP contribution in [0.2, 0.25) is 0 Å². The van der Waals surface area contributed by atoms with Crippen molar-refractivity contribution >= 4 is 24.0 Å². The van der Waals surface area contributed by atoms with Crippen LogP contribution < -0.4 is 20.6 Å². The highest BCUT2D eigenvalue weighted by atomic mass is 31.1. The second-order valence-electron chi connectivity index (χ2n) is 5.77. The van der Waals surface area contributed by atoms with Crippen molar-refractivity contribution in [1.82, 2.24) is 0 Å². The van der Waals surface area contributed by atoms with Gasteiger partial charge < -0.3 is 0 Å². The molecule has 3 aromatic carbocycles. The van der Waals surface area contributed by atoms with Crippen LogP contribution in [-0.2, 0) is 0 Å². The van der Waals surface area contributed by atoms with Crippen LogP contribution in [0.1, 0.15) is 0 Å². The monoisotopic (exact) mass is 340 g/mol. The Morgan fingerprint density at radius 2 is 0.960 bits per heavy atom. The molecule has 0 aliphatic rings. The molecule has 0 N–H and O–H groups in total. The maximum atomic E-state index is 2.31. The number of nitrogens with zero attached hydrogens (tertiary/aromatic N) is 1. The van der Waals surface area contributed by atoms with Crippen LogP contribution in [0.3, 0.4) is 0 Å². The molecular weight excluding hydrogens is 321 g/mol. The molecule has 0 saturated carbocycles. The Labute approximate surface area is 150 Å². The zero-order chi connectivity index (χ0) is 16.9. The summed E-state index contributed by atoms with van der Waals surface area (Å²) in [5.74, 6) is 0. The molecule has 0 fully saturated rings. The van der Waals surface area contributed by atoms with E-state index in [0.717, 1.165) is 0 Å². The fourth-order valence-electron chi connectivity index (χ4n) is 2.99. The molecule has 1 heterocycles. The van der Waals surface area contributed by atoms with Gasteiger partial charge in [-0.25, -0.2) is 0 Å². The Hall–Kier alpha value is -2.76. The van der Waals surface area contributed by atoms with Crippen LogP contribution in [0.5, 0.6) is 0 Å². The standard InChI is InChI=1S/C23H19NP/c1-4-12-20(13-5-1)24-19-11-10-18-23(24)25(21-14-6-2-7-15-21)22-16-8-3-9-17-22/h1-19H/q+1. The summed E-state index contributed by atoms with van der Waals surface area (Å²) in [4.78, 5) is 0. The number of aromatic nitrogens is 1. The Morgan fingerprint density at radius 3 is 1.52 bits per heavy atom. The summed E-state index contributed by atoms with van der Waals surface area (Å²) in [6, 6.07) is 38.7. The molecule has 0 bridgehead atoms. The van der Waals surface area contributed by atoms with Gasteiger partial charge in [0.05, 0.1) is 7.92 Å². The highest BCUT2D eigenvalue weighted by molar-refractivity contribution is 7.79. The van der Waals surface area contributed by atoms with Gasteiger partial charge in [0.2, 0.25) is 11.1 Å². The van der Waals surface area contributed by atoms with Crippen LogP contribution in [0, 0.1) is 0 Å². The van der Waals surface area contributed by atoms with E-state index in [1.54, 1.807) is 0 Å². The highest BCUT2D eigenvalue weighted by Crippen LogP contribution is 2.31. The van der Waals surface area contributed by atoms with Crippen molar-refractivity contribution in [2.24, 2.45) is 0 Å². The number of pyridine rings is 1. The smallest absolute Gasteiger partial charge is 0.160 e. The van der Waals surface area contributed by atoms with Gasteiger partial charge in [0.1, 0.15) is 0 Å². The van der Waals surface area contributed by atoms with Gasteiger partial charge in [0, 0.05) is 24.3 Å². The lowest BCUT2D eigenvalue weighted by Gasteiger charge is -2.17. The van der Waals surface area contributed by atoms with Crippen LogP contribution in [0.25, 0.3) is 5.69 Å². The number of para-hydroxylation sites is 1. The largest absolute Gasteiger partial charge is 0.216 e. The third kappa shape index (κ3) is 3.38. The maximum Gasteiger partial charge on any atom is 0.216 e. The fraction of sp³-hybridized carbons (Fsp3) is 0. The summed E-state index contributed by atoms with van der Waals surface area (Å²) >= 11 is 0. The van der Waals surface area contributed by atoms with E-state index in [2.05, 4.69) is 120 Å². The first-order valence-corrected chi connectivity index (χ1v) is 9.74. The normalized spacial score (nSPS) is 10.8. The molecule has 0 atom stereocenters. The maximum absolute atomic E-state index is 2.31. The second kappa shape index (κ2) is 7.42. The van der Waals surface area contributed by atoms with Gasteiger partial charge in [0.15, 0.2) is 6.20 Å². The average molecular weight is 340 g/mol. The number of rotatable bonds is 4. The molecule has 0 unspecified atom stereocenters. The summed E-state index contributed by atoms with van der Waals surface area (Å²) in [5.41, 5.74) is 2.51. The third-order valence-electron chi connectivity index (χ3n) is 4.13. The van der Waals surface area contributed by atoms with E-state index in [1.807, 2.05) is 0 Å². The van der Waals surface area contributed by atoms with Crippen LogP contribution in [0.4, 0.5) is 0 Å². The first-order chi connectivity index (χ1) is 12.4. The minimum atomic E-state index is -0.627. The van der Waals surface area contributed by atoms with Gasteiger partial charge in [-0.1, -0.05) is 78.9 Å². The summed E-state index contributed by atoms with van der Waals surface area (Å²) in [5, 5.41) is 2.72. The lowest BCUT2D eigenvalue weighted by molar-refractivity contribution is -0.576. The Morgan fingerprint density at radius 1 is 0.480 bits per heavy atom. The van der Waals surface area contributed by atoms with Crippen molar-refractivity contribution in [3.63, 3.8) is 0 Å². The van der Waals surface area contributed by atoms with E-state index in [4.69, 9.17) is 0 Å². The molecule has 0 saturated heterocycles. The van der Waals surface area contributed by atoms with Crippen molar-refractivity contribution in [3.05, 3.63) is 115 Å². The van der Waals surface area contributed by atoms with E-state index in [1.165, 1.54) is 21.7 Å². The molecular formula is C23H19NP+. The van der Waals surface area contributed by atoms with E-state index in [9.17, 15) is 0 Å². The molecule has 1 nitrogen and oxygen atoms in total. The predicted octanol–water partition coefficient (Wildman–Crippen LogP) is 3.72. The quantitative estimate of drug-likeness (QED) is 0.394. The van der Waals surface area contributed by atoms with E-state index in [-0.39, 0.29) is 0 Å². The molecule has 2 heteroatoms. The third-order valence-corrected chi connectivity index (χ3v) is 6.58. The molecule has 4 rings (SSSR count). The number of hydrogen-bond donors (Lipinski definition) is 0. The highest BCUT2D eigenvalue weighted by Gasteiger charge is 2.26. The van der Waals surface area contributed by atoms with Crippen molar-refractivity contribution in [1.29, 1.82) is 0 Å². The second-order valence-corrected chi connectivity index (χ2v) is 7.93. The van der Waals surface area contributed by atoms with Gasteiger partial charge in [0.25, 0.3) is 0 Å². The lowest BCUT2D eigenvalue weighted by atomic mass is 10.3. The average Bonchev–Trinajstić information content (AvgIpc) is 2.71. The van der Waals surface area contributed by atoms with Crippen LogP contribution >= 0.6 is 7.92 Å². The topological polar surface area (TPSA) is 3.88 Å². The first kappa shape index (κ1) is 15.7. The van der Waals surface area contributed by atoms with Crippen molar-refractivity contribution in [3.8, 4) is 5.69 Å². The Balaban J connectivity index is 1.93. The fourth-order valence-corrected chi connectivity index (χ4v) is 5.39. The van der Waals surface area contributed by atoms with E-state index >= 15 is 0 Å². The molecule has 0 spiro atoms. The van der Waals surface area contributed by atoms with E-state index in [0.29, 0.717) is 0 Å². The Bertz CT molecular complexity index is 898. The van der Waals surface area contributed by atoms with Crippen molar-refractivity contribution in [2.45, 2.75) is 0 Å². The van der Waals surface area contributed by atoms with Crippen molar-refractivity contribution < 1.29 is 4.57 Å².